The van der Waals surface area contributed by atoms with Crippen molar-refractivity contribution in [1.82, 2.24) is 15.5 Å². The fourth-order valence-corrected chi connectivity index (χ4v) is 4.46. The molecule has 21 heavy (non-hydrogen) atoms. The Hall–Kier alpha value is -1.20. The summed E-state index contributed by atoms with van der Waals surface area (Å²) in [6.07, 6.45) is 8.82. The van der Waals surface area contributed by atoms with Crippen molar-refractivity contribution in [3.8, 4) is 0 Å². The largest absolute Gasteiger partial charge is 0.337 e. The van der Waals surface area contributed by atoms with Crippen molar-refractivity contribution in [2.75, 3.05) is 6.54 Å². The summed E-state index contributed by atoms with van der Waals surface area (Å²) in [5.74, 6) is 2.17. The molecule has 2 aliphatic rings. The normalized spacial score (nSPS) is 23.7. The molecule has 0 spiro atoms. The number of nitrogens with one attached hydrogen (secondary N) is 1. The fraction of sp³-hybridized carbons (Fsp3) is 0.625. The third-order valence-corrected chi connectivity index (χ3v) is 5.71. The summed E-state index contributed by atoms with van der Waals surface area (Å²) in [5, 5.41) is 9.97. The van der Waals surface area contributed by atoms with Crippen LogP contribution in [-0.4, -0.2) is 16.7 Å². The van der Waals surface area contributed by atoms with Crippen molar-refractivity contribution in [2.45, 2.75) is 56.9 Å². The first-order valence-corrected chi connectivity index (χ1v) is 8.93. The lowest BCUT2D eigenvalue weighted by molar-refractivity contribution is 0.338. The number of rotatable bonds is 2. The Bertz CT molecular complexity index is 598. The van der Waals surface area contributed by atoms with E-state index in [4.69, 9.17) is 9.51 Å². The zero-order valence-electron chi connectivity index (χ0n) is 12.2. The molecule has 0 amide bonds. The van der Waals surface area contributed by atoms with Gasteiger partial charge in [-0.3, -0.25) is 0 Å². The molecule has 112 valence electrons. The second-order valence-electron chi connectivity index (χ2n) is 6.12. The summed E-state index contributed by atoms with van der Waals surface area (Å²) in [5.41, 5.74) is 1.32. The summed E-state index contributed by atoms with van der Waals surface area (Å²) >= 11 is 1.83. The molecular weight excluding hydrogens is 282 g/mol. The molecule has 0 aromatic carbocycles. The Balaban J connectivity index is 1.58. The first kappa shape index (κ1) is 13.5. The molecule has 5 heteroatoms. The summed E-state index contributed by atoms with van der Waals surface area (Å²) in [6.45, 7) is 0.985. The van der Waals surface area contributed by atoms with Gasteiger partial charge in [-0.2, -0.15) is 4.98 Å². The van der Waals surface area contributed by atoms with E-state index in [1.54, 1.807) is 0 Å². The van der Waals surface area contributed by atoms with Gasteiger partial charge in [0.15, 0.2) is 5.82 Å². The molecule has 0 bridgehead atoms. The molecule has 1 N–H and O–H groups in total. The smallest absolute Gasteiger partial charge is 0.248 e. The lowest BCUT2D eigenvalue weighted by Gasteiger charge is -2.20. The molecule has 1 atom stereocenters. The van der Waals surface area contributed by atoms with Crippen LogP contribution >= 0.6 is 11.3 Å². The van der Waals surface area contributed by atoms with Crippen molar-refractivity contribution >= 4 is 11.3 Å². The highest BCUT2D eigenvalue weighted by molar-refractivity contribution is 7.10. The molecule has 2 aromatic heterocycles. The molecule has 1 saturated carbocycles. The highest BCUT2D eigenvalue weighted by Crippen LogP contribution is 2.34. The average molecular weight is 303 g/mol. The minimum absolute atomic E-state index is 0.0898. The molecule has 1 aliphatic carbocycles. The molecule has 3 heterocycles. The van der Waals surface area contributed by atoms with Crippen LogP contribution in [0.1, 0.15) is 72.6 Å². The Morgan fingerprint density at radius 1 is 1.19 bits per heavy atom. The zero-order chi connectivity index (χ0) is 14.1. The molecule has 4 nitrogen and oxygen atoms in total. The Kier molecular flexibility index (Phi) is 3.78. The second kappa shape index (κ2) is 5.89. The summed E-state index contributed by atoms with van der Waals surface area (Å²) in [7, 11) is 0. The first-order chi connectivity index (χ1) is 10.4. The maximum absolute atomic E-state index is 5.61. The number of hydrogen-bond acceptors (Lipinski definition) is 5. The quantitative estimate of drug-likeness (QED) is 0.857. The highest BCUT2D eigenvalue weighted by atomic mass is 32.1. The maximum atomic E-state index is 5.61. The Morgan fingerprint density at radius 2 is 2.05 bits per heavy atom. The molecule has 4 rings (SSSR count). The van der Waals surface area contributed by atoms with Gasteiger partial charge >= 0.3 is 0 Å². The number of nitrogens with zero attached hydrogens (tertiary/aromatic N) is 2. The van der Waals surface area contributed by atoms with Gasteiger partial charge in [0, 0.05) is 17.3 Å². The van der Waals surface area contributed by atoms with Gasteiger partial charge in [0.25, 0.3) is 0 Å². The van der Waals surface area contributed by atoms with Crippen LogP contribution in [0.3, 0.4) is 0 Å². The van der Waals surface area contributed by atoms with Crippen LogP contribution in [0.4, 0.5) is 0 Å². The average Bonchev–Trinajstić information content (AvgIpc) is 3.10. The van der Waals surface area contributed by atoms with Crippen molar-refractivity contribution in [1.29, 1.82) is 0 Å². The van der Waals surface area contributed by atoms with Gasteiger partial charge in [-0.15, -0.1) is 11.3 Å². The van der Waals surface area contributed by atoms with Gasteiger partial charge in [0.2, 0.25) is 5.89 Å². The molecule has 1 fully saturated rings. The molecule has 0 radical (unpaired) electrons. The van der Waals surface area contributed by atoms with E-state index >= 15 is 0 Å². The van der Waals surface area contributed by atoms with E-state index in [1.807, 2.05) is 11.3 Å². The number of thiophene rings is 1. The van der Waals surface area contributed by atoms with Crippen molar-refractivity contribution < 1.29 is 4.52 Å². The Morgan fingerprint density at radius 3 is 2.90 bits per heavy atom. The van der Waals surface area contributed by atoms with Gasteiger partial charge in [-0.1, -0.05) is 30.8 Å². The molecular formula is C16H21N3OS. The van der Waals surface area contributed by atoms with Crippen LogP contribution in [0.5, 0.6) is 0 Å². The minimum Gasteiger partial charge on any atom is -0.337 e. The van der Waals surface area contributed by atoms with Crippen LogP contribution in [0.15, 0.2) is 16.0 Å². The van der Waals surface area contributed by atoms with Crippen molar-refractivity contribution in [2.24, 2.45) is 0 Å². The van der Waals surface area contributed by atoms with Gasteiger partial charge in [0.05, 0.1) is 0 Å². The van der Waals surface area contributed by atoms with Crippen LogP contribution < -0.4 is 5.32 Å². The number of aromatic nitrogens is 2. The lowest BCUT2D eigenvalue weighted by Crippen LogP contribution is -2.29. The number of hydrogen-bond donors (Lipinski definition) is 1. The standard InChI is InChI=1S/C16H21N3OS/c1-2-4-6-11(5-3-1)15-18-16(20-19-15)14-12-8-10-21-13(12)7-9-17-14/h8,10-11,14,17H,1-7,9H2. The van der Waals surface area contributed by atoms with E-state index in [0.29, 0.717) is 5.92 Å². The van der Waals surface area contributed by atoms with Crippen molar-refractivity contribution in [3.05, 3.63) is 33.6 Å². The predicted molar refractivity (Wildman–Crippen MR) is 82.6 cm³/mol. The van der Waals surface area contributed by atoms with Crippen molar-refractivity contribution in [3.63, 3.8) is 0 Å². The lowest BCUT2D eigenvalue weighted by atomic mass is 9.99. The van der Waals surface area contributed by atoms with Crippen LogP contribution in [0.25, 0.3) is 0 Å². The minimum atomic E-state index is 0.0898. The van der Waals surface area contributed by atoms with Crippen LogP contribution in [-0.2, 0) is 6.42 Å². The third kappa shape index (κ3) is 2.64. The fourth-order valence-electron chi connectivity index (χ4n) is 3.54. The maximum Gasteiger partial charge on any atom is 0.248 e. The molecule has 1 aliphatic heterocycles. The highest BCUT2D eigenvalue weighted by Gasteiger charge is 2.28. The van der Waals surface area contributed by atoms with E-state index in [1.165, 1.54) is 49.0 Å². The molecule has 0 saturated heterocycles. The van der Waals surface area contributed by atoms with Gasteiger partial charge in [0.1, 0.15) is 6.04 Å². The van der Waals surface area contributed by atoms with Crippen LogP contribution in [0, 0.1) is 0 Å². The van der Waals surface area contributed by atoms with Gasteiger partial charge < -0.3 is 9.84 Å². The summed E-state index contributed by atoms with van der Waals surface area (Å²) in [6, 6.07) is 2.28. The zero-order valence-corrected chi connectivity index (χ0v) is 13.0. The topological polar surface area (TPSA) is 51.0 Å². The SMILES string of the molecule is c1cc2c(s1)CCNC2c1nc(C2CCCCCC2)no1. The predicted octanol–water partition coefficient (Wildman–Crippen LogP) is 3.80. The van der Waals surface area contributed by atoms with E-state index in [-0.39, 0.29) is 6.04 Å². The first-order valence-electron chi connectivity index (χ1n) is 8.05. The Labute approximate surface area is 129 Å². The van der Waals surface area contributed by atoms with E-state index in [9.17, 15) is 0 Å². The summed E-state index contributed by atoms with van der Waals surface area (Å²) < 4.78 is 5.61. The third-order valence-electron chi connectivity index (χ3n) is 4.72. The van der Waals surface area contributed by atoms with Crippen LogP contribution in [0.2, 0.25) is 0 Å². The van der Waals surface area contributed by atoms with E-state index < -0.39 is 0 Å². The van der Waals surface area contributed by atoms with E-state index in [0.717, 1.165) is 24.7 Å². The monoisotopic (exact) mass is 303 g/mol. The summed E-state index contributed by atoms with van der Waals surface area (Å²) in [4.78, 5) is 6.19. The molecule has 2 aromatic rings. The van der Waals surface area contributed by atoms with Gasteiger partial charge in [-0.05, 0) is 36.3 Å². The second-order valence-corrected chi connectivity index (χ2v) is 7.12. The number of fused-ring (bicyclic) bond motifs is 1. The molecule has 1 unspecified atom stereocenters. The van der Waals surface area contributed by atoms with Gasteiger partial charge in [-0.25, -0.2) is 0 Å². The van der Waals surface area contributed by atoms with E-state index in [2.05, 4.69) is 21.9 Å².